The van der Waals surface area contributed by atoms with Gasteiger partial charge in [-0.2, -0.15) is 18.3 Å². The molecule has 3 aromatic heterocycles. The Morgan fingerprint density at radius 2 is 2.06 bits per heavy atom. The van der Waals surface area contributed by atoms with Crippen LogP contribution in [-0.2, 0) is 0 Å². The zero-order valence-corrected chi connectivity index (χ0v) is 18.5. The largest absolute Gasteiger partial charge is 0.408 e. The van der Waals surface area contributed by atoms with Gasteiger partial charge in [-0.3, -0.25) is 20.1 Å². The van der Waals surface area contributed by atoms with Crippen LogP contribution in [0.3, 0.4) is 0 Å². The molecule has 3 aromatic rings. The normalized spacial score (nSPS) is 17.7. The van der Waals surface area contributed by atoms with Gasteiger partial charge < -0.3 is 10.2 Å². The zero-order chi connectivity index (χ0) is 24.7. The Bertz CT molecular complexity index is 1260. The topological polar surface area (TPSA) is 119 Å². The van der Waals surface area contributed by atoms with E-state index >= 15 is 0 Å². The molecule has 3 amide bonds. The van der Waals surface area contributed by atoms with Crippen LogP contribution in [0.15, 0.2) is 42.9 Å². The second kappa shape index (κ2) is 8.56. The van der Waals surface area contributed by atoms with Gasteiger partial charge in [0.15, 0.2) is 5.82 Å². The van der Waals surface area contributed by atoms with Gasteiger partial charge in [0.1, 0.15) is 17.6 Å². The maximum Gasteiger partial charge on any atom is 0.408 e. The Morgan fingerprint density at radius 3 is 2.80 bits per heavy atom. The minimum Gasteiger partial charge on any atom is -0.366 e. The number of hydrogen-bond donors (Lipinski definition) is 3. The molecular weight excluding hydrogens is 465 g/mol. The molecule has 5 rings (SSSR count). The van der Waals surface area contributed by atoms with Gasteiger partial charge in [0, 0.05) is 31.0 Å². The number of H-pyrrole nitrogens is 1. The van der Waals surface area contributed by atoms with Crippen molar-refractivity contribution < 1.29 is 22.8 Å². The van der Waals surface area contributed by atoms with Crippen molar-refractivity contribution in [3.05, 3.63) is 48.5 Å². The van der Waals surface area contributed by atoms with Gasteiger partial charge in [-0.15, -0.1) is 0 Å². The van der Waals surface area contributed by atoms with Crippen LogP contribution < -0.4 is 20.4 Å². The number of rotatable bonds is 4. The number of alkyl halides is 3. The molecule has 0 aliphatic carbocycles. The fourth-order valence-electron chi connectivity index (χ4n) is 4.21. The van der Waals surface area contributed by atoms with E-state index in [-0.39, 0.29) is 17.6 Å². The Kier molecular flexibility index (Phi) is 5.53. The molecule has 0 saturated carbocycles. The van der Waals surface area contributed by atoms with Crippen LogP contribution in [0.4, 0.5) is 35.3 Å². The van der Waals surface area contributed by atoms with Crippen molar-refractivity contribution in [3.8, 4) is 11.1 Å². The van der Waals surface area contributed by atoms with E-state index in [9.17, 15) is 22.8 Å². The molecule has 3 N–H and O–H groups in total. The third kappa shape index (κ3) is 4.36. The van der Waals surface area contributed by atoms with E-state index in [0.29, 0.717) is 31.0 Å². The second-order valence-electron chi connectivity index (χ2n) is 8.38. The SMILES string of the molecule is CC(NC(=O)c1ccc2c(n1)N(C(=O)Nc1cc(-c3cn[nH]c3)ccn1)[C@H]1CCN2C1)C(F)(F)F. The van der Waals surface area contributed by atoms with Gasteiger partial charge >= 0.3 is 12.2 Å². The first-order chi connectivity index (χ1) is 16.7. The lowest BCUT2D eigenvalue weighted by Crippen LogP contribution is -2.49. The van der Waals surface area contributed by atoms with Gasteiger partial charge in [-0.05, 0) is 43.2 Å². The first kappa shape index (κ1) is 22.6. The number of pyridine rings is 2. The monoisotopic (exact) mass is 486 g/mol. The third-order valence-corrected chi connectivity index (χ3v) is 6.07. The lowest BCUT2D eigenvalue weighted by Gasteiger charge is -2.35. The van der Waals surface area contributed by atoms with Gasteiger partial charge in [0.05, 0.1) is 17.9 Å². The number of aromatic amines is 1. The first-order valence-corrected chi connectivity index (χ1v) is 10.9. The van der Waals surface area contributed by atoms with Crippen LogP contribution in [0.1, 0.15) is 23.8 Å². The van der Waals surface area contributed by atoms with E-state index in [2.05, 4.69) is 25.5 Å². The van der Waals surface area contributed by atoms with Crippen LogP contribution in [0.2, 0.25) is 0 Å². The molecule has 5 heterocycles. The highest BCUT2D eigenvalue weighted by molar-refractivity contribution is 6.05. The molecular formula is C22H21F3N8O2. The predicted octanol–water partition coefficient (Wildman–Crippen LogP) is 3.18. The van der Waals surface area contributed by atoms with E-state index < -0.39 is 24.2 Å². The number of carbonyl (C=O) groups is 2. The van der Waals surface area contributed by atoms with Gasteiger partial charge in [-0.1, -0.05) is 0 Å². The summed E-state index contributed by atoms with van der Waals surface area (Å²) in [7, 11) is 0. The number of nitrogens with one attached hydrogen (secondary N) is 3. The van der Waals surface area contributed by atoms with Crippen LogP contribution >= 0.6 is 0 Å². The average Bonchev–Trinajstić information content (AvgIpc) is 3.50. The van der Waals surface area contributed by atoms with Crippen LogP contribution in [0.25, 0.3) is 11.1 Å². The highest BCUT2D eigenvalue weighted by Crippen LogP contribution is 2.39. The summed E-state index contributed by atoms with van der Waals surface area (Å²) in [5, 5.41) is 11.3. The summed E-state index contributed by atoms with van der Waals surface area (Å²) < 4.78 is 38.7. The average molecular weight is 486 g/mol. The molecule has 10 nitrogen and oxygen atoms in total. The van der Waals surface area contributed by atoms with Gasteiger partial charge in [-0.25, -0.2) is 14.8 Å². The number of amides is 3. The van der Waals surface area contributed by atoms with Gasteiger partial charge in [0.2, 0.25) is 0 Å². The predicted molar refractivity (Wildman–Crippen MR) is 121 cm³/mol. The van der Waals surface area contributed by atoms with Crippen molar-refractivity contribution in [2.24, 2.45) is 0 Å². The van der Waals surface area contributed by atoms with Gasteiger partial charge in [0.25, 0.3) is 5.91 Å². The van der Waals surface area contributed by atoms with Crippen molar-refractivity contribution >= 4 is 29.3 Å². The van der Waals surface area contributed by atoms with E-state index in [4.69, 9.17) is 0 Å². The van der Waals surface area contributed by atoms with E-state index in [1.54, 1.807) is 36.8 Å². The Balaban J connectivity index is 1.42. The number of hydrogen-bond acceptors (Lipinski definition) is 6. The molecule has 2 bridgehead atoms. The lowest BCUT2D eigenvalue weighted by molar-refractivity contribution is -0.149. The molecule has 0 aromatic carbocycles. The first-order valence-electron chi connectivity index (χ1n) is 10.9. The zero-order valence-electron chi connectivity index (χ0n) is 18.5. The summed E-state index contributed by atoms with van der Waals surface area (Å²) in [4.78, 5) is 37.8. The molecule has 182 valence electrons. The molecule has 1 unspecified atom stereocenters. The number of fused-ring (bicyclic) bond motifs is 4. The quantitative estimate of drug-likeness (QED) is 0.521. The molecule has 2 aliphatic heterocycles. The molecule has 35 heavy (non-hydrogen) atoms. The number of halogens is 3. The molecule has 2 aliphatic rings. The van der Waals surface area contributed by atoms with Crippen LogP contribution in [0.5, 0.6) is 0 Å². The molecule has 1 saturated heterocycles. The van der Waals surface area contributed by atoms with Crippen LogP contribution in [-0.4, -0.2) is 63.5 Å². The number of nitrogens with zero attached hydrogens (tertiary/aromatic N) is 5. The molecule has 1 fully saturated rings. The Morgan fingerprint density at radius 1 is 1.23 bits per heavy atom. The van der Waals surface area contributed by atoms with E-state index in [0.717, 1.165) is 18.1 Å². The van der Waals surface area contributed by atoms with E-state index in [1.807, 2.05) is 10.2 Å². The maximum atomic E-state index is 13.4. The Hall–Kier alpha value is -4.16. The minimum atomic E-state index is -4.58. The number of urea groups is 1. The standard InChI is InChI=1S/C22H21F3N8O2/c1-12(22(23,24)25)29-20(34)16-2-3-17-19(30-16)33(15-5-7-32(17)11-15)21(35)31-18-8-13(4-6-26-18)14-9-27-28-10-14/h2-4,6,8-10,12,15H,5,7,11H2,1H3,(H,27,28)(H,29,34)(H,26,31,35)/t12?,15-/m0/s1. The highest BCUT2D eigenvalue weighted by atomic mass is 19.4. The van der Waals surface area contributed by atoms with E-state index in [1.165, 1.54) is 11.0 Å². The summed E-state index contributed by atoms with van der Waals surface area (Å²) in [6.45, 7) is 2.13. The molecule has 0 spiro atoms. The summed E-state index contributed by atoms with van der Waals surface area (Å²) in [6.07, 6.45) is 1.01. The minimum absolute atomic E-state index is 0.208. The summed E-state index contributed by atoms with van der Waals surface area (Å²) in [5.41, 5.74) is 2.05. The maximum absolute atomic E-state index is 13.4. The smallest absolute Gasteiger partial charge is 0.366 e. The van der Waals surface area contributed by atoms with Crippen molar-refractivity contribution in [2.75, 3.05) is 28.2 Å². The molecule has 2 atom stereocenters. The molecule has 13 heteroatoms. The second-order valence-corrected chi connectivity index (χ2v) is 8.38. The third-order valence-electron chi connectivity index (χ3n) is 6.07. The number of aromatic nitrogens is 4. The van der Waals surface area contributed by atoms with Crippen molar-refractivity contribution in [2.45, 2.75) is 31.6 Å². The van der Waals surface area contributed by atoms with Crippen LogP contribution in [0, 0.1) is 0 Å². The highest BCUT2D eigenvalue weighted by Gasteiger charge is 2.41. The summed E-state index contributed by atoms with van der Waals surface area (Å²) in [6, 6.07) is 3.70. The lowest BCUT2D eigenvalue weighted by atomic mass is 10.1. The van der Waals surface area contributed by atoms with Crippen molar-refractivity contribution in [1.82, 2.24) is 25.5 Å². The van der Waals surface area contributed by atoms with Crippen molar-refractivity contribution in [1.29, 1.82) is 0 Å². The molecule has 0 radical (unpaired) electrons. The van der Waals surface area contributed by atoms with Crippen molar-refractivity contribution in [3.63, 3.8) is 0 Å². The summed E-state index contributed by atoms with van der Waals surface area (Å²) >= 11 is 0. The fraction of sp³-hybridized carbons (Fsp3) is 0.318. The Labute approximate surface area is 197 Å². The summed E-state index contributed by atoms with van der Waals surface area (Å²) in [5.74, 6) is -0.446. The number of anilines is 3. The number of carbonyl (C=O) groups excluding carboxylic acids is 2. The fourth-order valence-corrected chi connectivity index (χ4v) is 4.21.